The molecule has 0 spiro atoms. The SMILES string of the molecule is CC(C)Oc1ccc(Cl)cc1C(=O)N(C)CCC(N)C(C)C.Cl. The monoisotopic (exact) mass is 362 g/mol. The van der Waals surface area contributed by atoms with Crippen LogP contribution in [0, 0.1) is 5.92 Å². The van der Waals surface area contributed by atoms with E-state index in [9.17, 15) is 4.79 Å². The number of benzene rings is 1. The van der Waals surface area contributed by atoms with Gasteiger partial charge in [0.05, 0.1) is 11.7 Å². The molecular formula is C17H28Cl2N2O2. The Hall–Kier alpha value is -0.970. The number of ether oxygens (including phenoxy) is 1. The summed E-state index contributed by atoms with van der Waals surface area (Å²) in [6.45, 7) is 8.62. The van der Waals surface area contributed by atoms with Crippen LogP contribution in [-0.2, 0) is 0 Å². The van der Waals surface area contributed by atoms with E-state index in [4.69, 9.17) is 22.1 Å². The lowest BCUT2D eigenvalue weighted by Gasteiger charge is -2.23. The maximum absolute atomic E-state index is 12.6. The quantitative estimate of drug-likeness (QED) is 0.797. The molecule has 0 bridgehead atoms. The number of carbonyl (C=O) groups excluding carboxylic acids is 1. The van der Waals surface area contributed by atoms with E-state index in [1.54, 1.807) is 30.1 Å². The van der Waals surface area contributed by atoms with Gasteiger partial charge in [-0.15, -0.1) is 12.4 Å². The maximum atomic E-state index is 12.6. The van der Waals surface area contributed by atoms with Crippen LogP contribution in [0.2, 0.25) is 5.02 Å². The highest BCUT2D eigenvalue weighted by atomic mass is 35.5. The van der Waals surface area contributed by atoms with Gasteiger partial charge in [0.1, 0.15) is 5.75 Å². The number of halogens is 2. The number of rotatable bonds is 7. The first-order valence-corrected chi connectivity index (χ1v) is 8.07. The lowest BCUT2D eigenvalue weighted by Crippen LogP contribution is -2.34. The van der Waals surface area contributed by atoms with Crippen molar-refractivity contribution in [2.75, 3.05) is 13.6 Å². The van der Waals surface area contributed by atoms with Crippen molar-refractivity contribution in [1.82, 2.24) is 4.90 Å². The van der Waals surface area contributed by atoms with Crippen LogP contribution in [0.1, 0.15) is 44.5 Å². The Morgan fingerprint density at radius 3 is 2.43 bits per heavy atom. The van der Waals surface area contributed by atoms with Crippen molar-refractivity contribution >= 4 is 29.9 Å². The molecule has 1 aromatic rings. The van der Waals surface area contributed by atoms with Crippen LogP contribution < -0.4 is 10.5 Å². The average molecular weight is 363 g/mol. The van der Waals surface area contributed by atoms with Crippen LogP contribution in [0.3, 0.4) is 0 Å². The predicted molar refractivity (Wildman–Crippen MR) is 98.9 cm³/mol. The van der Waals surface area contributed by atoms with Crippen LogP contribution in [0.4, 0.5) is 0 Å². The van der Waals surface area contributed by atoms with Gasteiger partial charge in [-0.2, -0.15) is 0 Å². The molecule has 6 heteroatoms. The van der Waals surface area contributed by atoms with Crippen molar-refractivity contribution in [3.8, 4) is 5.75 Å². The zero-order valence-corrected chi connectivity index (χ0v) is 16.1. The van der Waals surface area contributed by atoms with Gasteiger partial charge in [-0.25, -0.2) is 0 Å². The van der Waals surface area contributed by atoms with Gasteiger partial charge >= 0.3 is 0 Å². The zero-order valence-electron chi connectivity index (χ0n) is 14.5. The predicted octanol–water partition coefficient (Wildman–Crippen LogP) is 3.99. The van der Waals surface area contributed by atoms with Gasteiger partial charge in [0.15, 0.2) is 0 Å². The molecule has 23 heavy (non-hydrogen) atoms. The molecule has 1 atom stereocenters. The minimum atomic E-state index is -0.103. The molecule has 0 aliphatic carbocycles. The summed E-state index contributed by atoms with van der Waals surface area (Å²) in [5, 5.41) is 0.520. The van der Waals surface area contributed by atoms with Gasteiger partial charge in [0.25, 0.3) is 5.91 Å². The topological polar surface area (TPSA) is 55.6 Å². The average Bonchev–Trinajstić information content (AvgIpc) is 2.44. The van der Waals surface area contributed by atoms with Crippen LogP contribution in [0.15, 0.2) is 18.2 Å². The molecule has 1 rings (SSSR count). The highest BCUT2D eigenvalue weighted by Gasteiger charge is 2.19. The van der Waals surface area contributed by atoms with E-state index in [0.29, 0.717) is 28.8 Å². The van der Waals surface area contributed by atoms with Crippen molar-refractivity contribution in [1.29, 1.82) is 0 Å². The molecule has 1 amide bonds. The summed E-state index contributed by atoms with van der Waals surface area (Å²) in [4.78, 5) is 14.3. The van der Waals surface area contributed by atoms with Crippen LogP contribution >= 0.6 is 24.0 Å². The lowest BCUT2D eigenvalue weighted by atomic mass is 10.0. The summed E-state index contributed by atoms with van der Waals surface area (Å²) in [6, 6.07) is 5.20. The first kappa shape index (κ1) is 22.0. The van der Waals surface area contributed by atoms with Crippen LogP contribution in [0.25, 0.3) is 0 Å². The first-order chi connectivity index (χ1) is 10.2. The Labute approximate surface area is 150 Å². The largest absolute Gasteiger partial charge is 0.490 e. The molecule has 0 aliphatic rings. The standard InChI is InChI=1S/C17H27ClN2O2.ClH/c1-11(2)15(19)8-9-20(5)17(21)14-10-13(18)6-7-16(14)22-12(3)4;/h6-7,10-12,15H,8-9,19H2,1-5H3;1H. The molecule has 0 saturated heterocycles. The van der Waals surface area contributed by atoms with E-state index in [0.717, 1.165) is 6.42 Å². The van der Waals surface area contributed by atoms with Crippen molar-refractivity contribution < 1.29 is 9.53 Å². The van der Waals surface area contributed by atoms with Gasteiger partial charge < -0.3 is 15.4 Å². The summed E-state index contributed by atoms with van der Waals surface area (Å²) in [5.41, 5.74) is 6.53. The molecule has 1 aromatic carbocycles. The van der Waals surface area contributed by atoms with Crippen molar-refractivity contribution in [2.24, 2.45) is 11.7 Å². The fourth-order valence-corrected chi connectivity index (χ4v) is 2.18. The number of carbonyl (C=O) groups is 1. The van der Waals surface area contributed by atoms with E-state index >= 15 is 0 Å². The molecular weight excluding hydrogens is 335 g/mol. The number of hydrogen-bond donors (Lipinski definition) is 1. The summed E-state index contributed by atoms with van der Waals surface area (Å²) in [5.74, 6) is 0.855. The van der Waals surface area contributed by atoms with Gasteiger partial charge in [-0.3, -0.25) is 4.79 Å². The second-order valence-corrected chi connectivity index (χ2v) is 6.67. The molecule has 0 saturated carbocycles. The van der Waals surface area contributed by atoms with E-state index in [-0.39, 0.29) is 30.5 Å². The van der Waals surface area contributed by atoms with Crippen molar-refractivity contribution in [3.63, 3.8) is 0 Å². The summed E-state index contributed by atoms with van der Waals surface area (Å²) in [7, 11) is 1.77. The number of nitrogens with zero attached hydrogens (tertiary/aromatic N) is 1. The fraction of sp³-hybridized carbons (Fsp3) is 0.588. The van der Waals surface area contributed by atoms with E-state index in [2.05, 4.69) is 13.8 Å². The molecule has 132 valence electrons. The summed E-state index contributed by atoms with van der Waals surface area (Å²) >= 11 is 6.02. The third-order valence-corrected chi connectivity index (χ3v) is 3.77. The lowest BCUT2D eigenvalue weighted by molar-refractivity contribution is 0.0783. The highest BCUT2D eigenvalue weighted by molar-refractivity contribution is 6.31. The summed E-state index contributed by atoms with van der Waals surface area (Å²) in [6.07, 6.45) is 0.758. The molecule has 2 N–H and O–H groups in total. The van der Waals surface area contributed by atoms with E-state index in [1.807, 2.05) is 13.8 Å². The Kier molecular flexibility index (Phi) is 9.59. The second-order valence-electron chi connectivity index (χ2n) is 6.23. The third kappa shape index (κ3) is 6.98. The Morgan fingerprint density at radius 1 is 1.30 bits per heavy atom. The second kappa shape index (κ2) is 10.0. The molecule has 0 radical (unpaired) electrons. The minimum absolute atomic E-state index is 0. The van der Waals surface area contributed by atoms with Crippen LogP contribution in [0.5, 0.6) is 5.75 Å². The maximum Gasteiger partial charge on any atom is 0.257 e. The van der Waals surface area contributed by atoms with E-state index < -0.39 is 0 Å². The Morgan fingerprint density at radius 2 is 1.91 bits per heavy atom. The highest BCUT2D eigenvalue weighted by Crippen LogP contribution is 2.25. The Bertz CT molecular complexity index is 507. The molecule has 0 fully saturated rings. The molecule has 0 aromatic heterocycles. The first-order valence-electron chi connectivity index (χ1n) is 7.69. The molecule has 4 nitrogen and oxygen atoms in total. The number of nitrogens with two attached hydrogens (primary N) is 1. The molecule has 1 unspecified atom stereocenters. The number of amides is 1. The van der Waals surface area contributed by atoms with E-state index in [1.165, 1.54) is 0 Å². The Balaban J connectivity index is 0.00000484. The van der Waals surface area contributed by atoms with Gasteiger partial charge in [-0.1, -0.05) is 25.4 Å². The smallest absolute Gasteiger partial charge is 0.257 e. The minimum Gasteiger partial charge on any atom is -0.490 e. The third-order valence-electron chi connectivity index (χ3n) is 3.54. The fourth-order valence-electron chi connectivity index (χ4n) is 2.01. The van der Waals surface area contributed by atoms with Crippen LogP contribution in [-0.4, -0.2) is 36.5 Å². The van der Waals surface area contributed by atoms with Gasteiger partial charge in [0.2, 0.25) is 0 Å². The summed E-state index contributed by atoms with van der Waals surface area (Å²) < 4.78 is 5.70. The molecule has 0 heterocycles. The molecule has 0 aliphatic heterocycles. The normalized spacial score (nSPS) is 12.0. The van der Waals surface area contributed by atoms with Gasteiger partial charge in [-0.05, 0) is 44.4 Å². The van der Waals surface area contributed by atoms with Crippen molar-refractivity contribution in [3.05, 3.63) is 28.8 Å². The zero-order chi connectivity index (χ0) is 16.9. The number of hydrogen-bond acceptors (Lipinski definition) is 3. The van der Waals surface area contributed by atoms with Crippen molar-refractivity contribution in [2.45, 2.75) is 46.3 Å². The van der Waals surface area contributed by atoms with Gasteiger partial charge in [0, 0.05) is 24.7 Å².